The molecule has 1 unspecified atom stereocenters. The van der Waals surface area contributed by atoms with Gasteiger partial charge in [-0.15, -0.1) is 0 Å². The standard InChI is InChI=1S/C18H21NO3/c1-19(9-10-2-4-11(5-3-10)18(21)22)17(20)16-14-12-6-7-13(8-12)15(14)16/h2-5,12-16H,6-9H2,1H3,(H,21,22)/t12-,13-,14-,15+,16?/m0/s1. The van der Waals surface area contributed by atoms with Crippen molar-refractivity contribution in [1.82, 2.24) is 4.90 Å². The van der Waals surface area contributed by atoms with E-state index in [9.17, 15) is 9.59 Å². The van der Waals surface area contributed by atoms with Gasteiger partial charge in [0.25, 0.3) is 0 Å². The Bertz CT molecular complexity index is 608. The number of hydrogen-bond donors (Lipinski definition) is 1. The quantitative estimate of drug-likeness (QED) is 0.930. The Balaban J connectivity index is 1.39. The Morgan fingerprint density at radius 2 is 1.73 bits per heavy atom. The summed E-state index contributed by atoms with van der Waals surface area (Å²) in [5.41, 5.74) is 1.26. The van der Waals surface area contributed by atoms with Gasteiger partial charge in [0.1, 0.15) is 0 Å². The third kappa shape index (κ3) is 2.04. The molecule has 1 N–H and O–H groups in total. The van der Waals surface area contributed by atoms with Crippen LogP contribution in [0.4, 0.5) is 0 Å². The van der Waals surface area contributed by atoms with E-state index >= 15 is 0 Å². The smallest absolute Gasteiger partial charge is 0.335 e. The molecule has 116 valence electrons. The molecule has 1 amide bonds. The second-order valence-electron chi connectivity index (χ2n) is 7.21. The van der Waals surface area contributed by atoms with Crippen LogP contribution in [0.2, 0.25) is 0 Å². The van der Waals surface area contributed by atoms with E-state index in [1.54, 1.807) is 24.3 Å². The van der Waals surface area contributed by atoms with Crippen molar-refractivity contribution in [1.29, 1.82) is 0 Å². The summed E-state index contributed by atoms with van der Waals surface area (Å²) in [5.74, 6) is 2.60. The minimum absolute atomic E-state index is 0.273. The number of aromatic carboxylic acids is 1. The van der Waals surface area contributed by atoms with Crippen molar-refractivity contribution in [2.75, 3.05) is 7.05 Å². The molecule has 3 aliphatic rings. The number of hydrogen-bond acceptors (Lipinski definition) is 2. The Morgan fingerprint density at radius 1 is 1.14 bits per heavy atom. The van der Waals surface area contributed by atoms with E-state index in [-0.39, 0.29) is 17.4 Å². The molecule has 0 heterocycles. The third-order valence-corrected chi connectivity index (χ3v) is 6.02. The summed E-state index contributed by atoms with van der Waals surface area (Å²) in [7, 11) is 1.86. The molecule has 4 nitrogen and oxygen atoms in total. The van der Waals surface area contributed by atoms with Crippen molar-refractivity contribution in [2.24, 2.45) is 29.6 Å². The molecule has 22 heavy (non-hydrogen) atoms. The zero-order chi connectivity index (χ0) is 15.4. The van der Waals surface area contributed by atoms with Crippen molar-refractivity contribution in [3.8, 4) is 0 Å². The van der Waals surface area contributed by atoms with Gasteiger partial charge < -0.3 is 10.0 Å². The molecule has 5 atom stereocenters. The monoisotopic (exact) mass is 299 g/mol. The Hall–Kier alpha value is -1.84. The number of carbonyl (C=O) groups is 2. The van der Waals surface area contributed by atoms with Gasteiger partial charge in [-0.25, -0.2) is 4.79 Å². The van der Waals surface area contributed by atoms with Gasteiger partial charge in [0.05, 0.1) is 5.56 Å². The first kappa shape index (κ1) is 13.8. The molecule has 1 aromatic rings. The molecule has 0 spiro atoms. The largest absolute Gasteiger partial charge is 0.478 e. The SMILES string of the molecule is CN(Cc1ccc(C(=O)O)cc1)C(=O)C1[C@@H]2[C@H]3CC[C@@H](C3)[C@H]12. The van der Waals surface area contributed by atoms with Crippen LogP contribution < -0.4 is 0 Å². The molecule has 3 fully saturated rings. The van der Waals surface area contributed by atoms with Gasteiger partial charge in [0.2, 0.25) is 5.91 Å². The predicted octanol–water partition coefficient (Wildman–Crippen LogP) is 2.64. The average Bonchev–Trinajstić information content (AvgIpc) is 2.93. The Labute approximate surface area is 130 Å². The number of fused-ring (bicyclic) bond motifs is 5. The fraction of sp³-hybridized carbons (Fsp3) is 0.556. The molecule has 0 aliphatic heterocycles. The van der Waals surface area contributed by atoms with Crippen molar-refractivity contribution < 1.29 is 14.7 Å². The summed E-state index contributed by atoms with van der Waals surface area (Å²) in [4.78, 5) is 25.3. The second-order valence-corrected chi connectivity index (χ2v) is 7.21. The van der Waals surface area contributed by atoms with Gasteiger partial charge in [-0.1, -0.05) is 12.1 Å². The average molecular weight is 299 g/mol. The number of nitrogens with zero attached hydrogens (tertiary/aromatic N) is 1. The zero-order valence-corrected chi connectivity index (χ0v) is 12.7. The molecule has 3 aliphatic carbocycles. The first-order valence-electron chi connectivity index (χ1n) is 8.13. The van der Waals surface area contributed by atoms with Crippen LogP contribution in [0.5, 0.6) is 0 Å². The van der Waals surface area contributed by atoms with E-state index in [0.717, 1.165) is 17.4 Å². The van der Waals surface area contributed by atoms with Crippen molar-refractivity contribution >= 4 is 11.9 Å². The molecule has 0 saturated heterocycles. The van der Waals surface area contributed by atoms with Gasteiger partial charge in [0.15, 0.2) is 0 Å². The topological polar surface area (TPSA) is 57.6 Å². The molecule has 0 aromatic heterocycles. The molecular weight excluding hydrogens is 278 g/mol. The number of benzene rings is 1. The summed E-state index contributed by atoms with van der Waals surface area (Å²) in [6.07, 6.45) is 4.02. The highest BCUT2D eigenvalue weighted by atomic mass is 16.4. The maximum absolute atomic E-state index is 12.6. The van der Waals surface area contributed by atoms with Crippen LogP contribution in [-0.4, -0.2) is 28.9 Å². The summed E-state index contributed by atoms with van der Waals surface area (Å²) < 4.78 is 0. The lowest BCUT2D eigenvalue weighted by atomic mass is 10.0. The summed E-state index contributed by atoms with van der Waals surface area (Å²) in [6.45, 7) is 0.560. The first-order valence-corrected chi connectivity index (χ1v) is 8.13. The second kappa shape index (κ2) is 4.83. The van der Waals surface area contributed by atoms with E-state index in [1.807, 2.05) is 11.9 Å². The van der Waals surface area contributed by atoms with Crippen LogP contribution in [0.3, 0.4) is 0 Å². The van der Waals surface area contributed by atoms with E-state index in [1.165, 1.54) is 19.3 Å². The fourth-order valence-electron chi connectivity index (χ4n) is 5.01. The van der Waals surface area contributed by atoms with Crippen LogP contribution in [0, 0.1) is 29.6 Å². The van der Waals surface area contributed by atoms with Crippen molar-refractivity contribution in [2.45, 2.75) is 25.8 Å². The number of rotatable bonds is 4. The molecule has 4 rings (SSSR count). The summed E-state index contributed by atoms with van der Waals surface area (Å²) in [5, 5.41) is 8.91. The van der Waals surface area contributed by atoms with Crippen LogP contribution >= 0.6 is 0 Å². The summed E-state index contributed by atoms with van der Waals surface area (Å²) >= 11 is 0. The summed E-state index contributed by atoms with van der Waals surface area (Å²) in [6, 6.07) is 6.79. The maximum Gasteiger partial charge on any atom is 0.335 e. The Morgan fingerprint density at radius 3 is 2.27 bits per heavy atom. The minimum Gasteiger partial charge on any atom is -0.478 e. The molecule has 4 heteroatoms. The number of amides is 1. The minimum atomic E-state index is -0.919. The highest BCUT2D eigenvalue weighted by molar-refractivity contribution is 5.87. The van der Waals surface area contributed by atoms with Gasteiger partial charge in [-0.3, -0.25) is 4.79 Å². The third-order valence-electron chi connectivity index (χ3n) is 6.02. The lowest BCUT2D eigenvalue weighted by Crippen LogP contribution is -2.29. The van der Waals surface area contributed by atoms with Crippen LogP contribution in [0.1, 0.15) is 35.2 Å². The van der Waals surface area contributed by atoms with Gasteiger partial charge in [-0.05, 0) is 60.6 Å². The number of carbonyl (C=O) groups excluding carboxylic acids is 1. The lowest BCUT2D eigenvalue weighted by Gasteiger charge is -2.19. The fourth-order valence-corrected chi connectivity index (χ4v) is 5.01. The molecule has 1 aromatic carbocycles. The predicted molar refractivity (Wildman–Crippen MR) is 81.2 cm³/mol. The van der Waals surface area contributed by atoms with Crippen molar-refractivity contribution in [3.63, 3.8) is 0 Å². The molecule has 0 radical (unpaired) electrons. The molecule has 3 saturated carbocycles. The highest BCUT2D eigenvalue weighted by Gasteiger charge is 2.67. The number of carboxylic acids is 1. The van der Waals surface area contributed by atoms with Gasteiger partial charge in [-0.2, -0.15) is 0 Å². The highest BCUT2D eigenvalue weighted by Crippen LogP contribution is 2.69. The van der Waals surface area contributed by atoms with Gasteiger partial charge >= 0.3 is 5.97 Å². The first-order chi connectivity index (χ1) is 10.6. The maximum atomic E-state index is 12.6. The number of carboxylic acid groups (broad SMARTS) is 1. The molecule has 2 bridgehead atoms. The van der Waals surface area contributed by atoms with Gasteiger partial charge in [0, 0.05) is 19.5 Å². The molecular formula is C18H21NO3. The lowest BCUT2D eigenvalue weighted by molar-refractivity contribution is -0.132. The van der Waals surface area contributed by atoms with Crippen LogP contribution in [0.15, 0.2) is 24.3 Å². The van der Waals surface area contributed by atoms with E-state index < -0.39 is 5.97 Å². The zero-order valence-electron chi connectivity index (χ0n) is 12.7. The Kier molecular flexibility index (Phi) is 3.03. The van der Waals surface area contributed by atoms with E-state index in [4.69, 9.17) is 5.11 Å². The van der Waals surface area contributed by atoms with E-state index in [0.29, 0.717) is 18.4 Å². The van der Waals surface area contributed by atoms with E-state index in [2.05, 4.69) is 0 Å². The normalized spacial score (nSPS) is 34.3. The van der Waals surface area contributed by atoms with Crippen LogP contribution in [0.25, 0.3) is 0 Å². The van der Waals surface area contributed by atoms with Crippen LogP contribution in [-0.2, 0) is 11.3 Å². The van der Waals surface area contributed by atoms with Crippen molar-refractivity contribution in [3.05, 3.63) is 35.4 Å².